The summed E-state index contributed by atoms with van der Waals surface area (Å²) in [5.41, 5.74) is 4.20. The highest BCUT2D eigenvalue weighted by atomic mass is 35.5. The molecule has 0 aliphatic heterocycles. The number of carbonyl (C=O) groups excluding carboxylic acids is 1. The third-order valence-corrected chi connectivity index (χ3v) is 6.13. The summed E-state index contributed by atoms with van der Waals surface area (Å²) >= 11 is 8.10. The smallest absolute Gasteiger partial charge is 0.257 e. The molecule has 0 aliphatic rings. The minimum absolute atomic E-state index is 0.0576. The number of ether oxygens (including phenoxy) is 1. The van der Waals surface area contributed by atoms with E-state index < -0.39 is 0 Å². The van der Waals surface area contributed by atoms with Crippen molar-refractivity contribution in [3.63, 3.8) is 0 Å². The van der Waals surface area contributed by atoms with Crippen LogP contribution in [0.1, 0.15) is 10.4 Å². The van der Waals surface area contributed by atoms with E-state index in [1.165, 1.54) is 0 Å². The van der Waals surface area contributed by atoms with Gasteiger partial charge in [0.15, 0.2) is 0 Å². The van der Waals surface area contributed by atoms with Crippen molar-refractivity contribution in [2.24, 2.45) is 0 Å². The predicted molar refractivity (Wildman–Crippen MR) is 135 cm³/mol. The first kappa shape index (κ1) is 22.8. The molecule has 33 heavy (non-hydrogen) atoms. The van der Waals surface area contributed by atoms with Crippen LogP contribution in [-0.2, 0) is 0 Å². The Morgan fingerprint density at radius 3 is 2.67 bits per heavy atom. The van der Waals surface area contributed by atoms with Crippen LogP contribution in [0.5, 0.6) is 5.75 Å². The van der Waals surface area contributed by atoms with Gasteiger partial charge in [-0.25, -0.2) is 4.98 Å². The fraction of sp³-hybridized carbons (Fsp3) is 0.120. The Labute approximate surface area is 200 Å². The normalized spacial score (nSPS) is 10.6. The molecule has 0 atom stereocenters. The largest absolute Gasteiger partial charge is 0.497 e. The number of aromatic nitrogens is 1. The van der Waals surface area contributed by atoms with Gasteiger partial charge in [-0.3, -0.25) is 4.79 Å². The number of hydrogen-bond acceptors (Lipinski definition) is 6. The second kappa shape index (κ2) is 10.5. The van der Waals surface area contributed by atoms with Gasteiger partial charge in [0, 0.05) is 34.8 Å². The van der Waals surface area contributed by atoms with E-state index in [1.807, 2.05) is 41.8 Å². The maximum atomic E-state index is 12.9. The van der Waals surface area contributed by atoms with Crippen LogP contribution in [0.4, 0.5) is 11.4 Å². The molecule has 3 N–H and O–H groups in total. The van der Waals surface area contributed by atoms with Crippen molar-refractivity contribution in [1.29, 1.82) is 0 Å². The molecule has 1 heterocycles. The van der Waals surface area contributed by atoms with Gasteiger partial charge in [0.25, 0.3) is 5.91 Å². The molecule has 8 heteroatoms. The maximum absolute atomic E-state index is 12.9. The van der Waals surface area contributed by atoms with E-state index in [9.17, 15) is 4.79 Å². The highest BCUT2D eigenvalue weighted by Gasteiger charge is 2.15. The molecular weight excluding hydrogens is 458 g/mol. The minimum atomic E-state index is -0.304. The number of halogens is 1. The number of nitrogens with zero attached hydrogens (tertiary/aromatic N) is 1. The Kier molecular flexibility index (Phi) is 7.24. The topological polar surface area (TPSA) is 83.5 Å². The first-order valence-corrected chi connectivity index (χ1v) is 11.5. The lowest BCUT2D eigenvalue weighted by Gasteiger charge is -2.14. The molecule has 0 aliphatic carbocycles. The Morgan fingerprint density at radius 1 is 1.12 bits per heavy atom. The van der Waals surface area contributed by atoms with Gasteiger partial charge in [-0.1, -0.05) is 41.9 Å². The van der Waals surface area contributed by atoms with Crippen molar-refractivity contribution in [2.45, 2.75) is 0 Å². The lowest BCUT2D eigenvalue weighted by molar-refractivity contribution is 0.102. The van der Waals surface area contributed by atoms with Crippen LogP contribution in [0.25, 0.3) is 21.8 Å². The van der Waals surface area contributed by atoms with Gasteiger partial charge in [0.1, 0.15) is 10.8 Å². The lowest BCUT2D eigenvalue weighted by atomic mass is 10.1. The third kappa shape index (κ3) is 5.34. The van der Waals surface area contributed by atoms with Gasteiger partial charge >= 0.3 is 0 Å². The van der Waals surface area contributed by atoms with Crippen LogP contribution >= 0.6 is 22.9 Å². The Bertz CT molecular complexity index is 1260. The first-order chi connectivity index (χ1) is 16.1. The van der Waals surface area contributed by atoms with Gasteiger partial charge in [0.05, 0.1) is 35.7 Å². The number of aliphatic hydroxyl groups is 1. The lowest BCUT2D eigenvalue weighted by Crippen LogP contribution is -2.16. The number of nitrogens with one attached hydrogen (secondary N) is 2. The van der Waals surface area contributed by atoms with Crippen molar-refractivity contribution < 1.29 is 14.6 Å². The zero-order valence-electron chi connectivity index (χ0n) is 17.8. The molecule has 0 saturated carbocycles. The summed E-state index contributed by atoms with van der Waals surface area (Å²) in [6.45, 7) is 0.254. The van der Waals surface area contributed by atoms with Crippen molar-refractivity contribution in [3.05, 3.63) is 82.7 Å². The molecule has 0 spiro atoms. The molecule has 0 fully saturated rings. The molecule has 0 saturated heterocycles. The number of amides is 1. The standard InChI is InChI=1S/C25H22ClN3O3S/c1-32-18-8-10-20(22(14-18)27-11-12-30)24(31)28-17-7-9-19(21(26)13-17)23-15-33-25(29-23)16-5-3-2-4-6-16/h2-10,13-15,27,30H,11-12H2,1H3,(H,28,31). The maximum Gasteiger partial charge on any atom is 0.257 e. The average Bonchev–Trinajstić information content (AvgIpc) is 3.33. The summed E-state index contributed by atoms with van der Waals surface area (Å²) in [7, 11) is 1.56. The van der Waals surface area contributed by atoms with E-state index >= 15 is 0 Å². The van der Waals surface area contributed by atoms with E-state index in [0.717, 1.165) is 21.8 Å². The Morgan fingerprint density at radius 2 is 1.94 bits per heavy atom. The van der Waals surface area contributed by atoms with Crippen molar-refractivity contribution >= 4 is 40.2 Å². The first-order valence-electron chi connectivity index (χ1n) is 10.2. The Balaban J connectivity index is 1.53. The molecular formula is C25H22ClN3O3S. The van der Waals surface area contributed by atoms with Crippen LogP contribution in [0, 0.1) is 0 Å². The van der Waals surface area contributed by atoms with Crippen LogP contribution in [0.2, 0.25) is 5.02 Å². The monoisotopic (exact) mass is 479 g/mol. The summed E-state index contributed by atoms with van der Waals surface area (Å²) in [6.07, 6.45) is 0. The average molecular weight is 480 g/mol. The van der Waals surface area contributed by atoms with Crippen molar-refractivity contribution in [3.8, 4) is 27.6 Å². The van der Waals surface area contributed by atoms with Crippen molar-refractivity contribution in [2.75, 3.05) is 30.9 Å². The third-order valence-electron chi connectivity index (χ3n) is 4.93. The zero-order valence-corrected chi connectivity index (χ0v) is 19.4. The van der Waals surface area contributed by atoms with Crippen LogP contribution in [0.3, 0.4) is 0 Å². The highest BCUT2D eigenvalue weighted by molar-refractivity contribution is 7.13. The summed E-state index contributed by atoms with van der Waals surface area (Å²) in [4.78, 5) is 17.6. The fourth-order valence-electron chi connectivity index (χ4n) is 3.29. The van der Waals surface area contributed by atoms with E-state index in [0.29, 0.717) is 34.3 Å². The SMILES string of the molecule is COc1ccc(C(=O)Nc2ccc(-c3csc(-c4ccccc4)n3)c(Cl)c2)c(NCCO)c1. The highest BCUT2D eigenvalue weighted by Crippen LogP contribution is 2.34. The van der Waals surface area contributed by atoms with Gasteiger partial charge in [-0.05, 0) is 30.3 Å². The number of aliphatic hydroxyl groups excluding tert-OH is 1. The molecule has 4 rings (SSSR count). The van der Waals surface area contributed by atoms with Gasteiger partial charge < -0.3 is 20.5 Å². The summed E-state index contributed by atoms with van der Waals surface area (Å²) in [5.74, 6) is 0.305. The minimum Gasteiger partial charge on any atom is -0.497 e. The van der Waals surface area contributed by atoms with E-state index in [4.69, 9.17) is 26.4 Å². The van der Waals surface area contributed by atoms with Crippen LogP contribution < -0.4 is 15.4 Å². The summed E-state index contributed by atoms with van der Waals surface area (Å²) < 4.78 is 5.23. The Hall–Kier alpha value is -3.39. The second-order valence-corrected chi connectivity index (χ2v) is 8.38. The molecule has 0 unspecified atom stereocenters. The molecule has 4 aromatic rings. The molecule has 168 valence electrons. The molecule has 1 amide bonds. The van der Waals surface area contributed by atoms with Gasteiger partial charge in [-0.2, -0.15) is 0 Å². The van der Waals surface area contributed by atoms with E-state index in [1.54, 1.807) is 48.8 Å². The zero-order chi connectivity index (χ0) is 23.2. The number of benzene rings is 3. The predicted octanol–water partition coefficient (Wildman–Crippen LogP) is 5.80. The molecule has 3 aromatic carbocycles. The summed E-state index contributed by atoms with van der Waals surface area (Å²) in [6, 6.07) is 20.4. The van der Waals surface area contributed by atoms with Gasteiger partial charge in [-0.15, -0.1) is 11.3 Å². The fourth-order valence-corrected chi connectivity index (χ4v) is 4.40. The molecule has 1 aromatic heterocycles. The number of carbonyl (C=O) groups is 1. The number of hydrogen-bond donors (Lipinski definition) is 3. The van der Waals surface area contributed by atoms with E-state index in [-0.39, 0.29) is 12.5 Å². The number of thiazole rings is 1. The number of anilines is 2. The van der Waals surface area contributed by atoms with Gasteiger partial charge in [0.2, 0.25) is 0 Å². The quantitative estimate of drug-likeness (QED) is 0.297. The summed E-state index contributed by atoms with van der Waals surface area (Å²) in [5, 5.41) is 18.4. The van der Waals surface area contributed by atoms with Crippen molar-refractivity contribution in [1.82, 2.24) is 4.98 Å². The molecule has 0 radical (unpaired) electrons. The number of rotatable bonds is 8. The second-order valence-electron chi connectivity index (χ2n) is 7.11. The number of methoxy groups -OCH3 is 1. The van der Waals surface area contributed by atoms with Crippen LogP contribution in [0.15, 0.2) is 72.1 Å². The van der Waals surface area contributed by atoms with E-state index in [2.05, 4.69) is 10.6 Å². The molecule has 0 bridgehead atoms. The van der Waals surface area contributed by atoms with Crippen LogP contribution in [-0.4, -0.2) is 36.3 Å². The molecule has 6 nitrogen and oxygen atoms in total.